The molecule has 0 aromatic heterocycles. The molecule has 2 aromatic rings. The largest absolute Gasteiger partial charge is 0.378 e. The number of hydrogen-bond donors (Lipinski definition) is 1. The van der Waals surface area contributed by atoms with Gasteiger partial charge in [0.2, 0.25) is 0 Å². The number of rotatable bonds is 4. The highest BCUT2D eigenvalue weighted by Gasteiger charge is 2.24. The van der Waals surface area contributed by atoms with E-state index in [4.69, 9.17) is 0 Å². The van der Waals surface area contributed by atoms with Gasteiger partial charge >= 0.3 is 0 Å². The number of carbonyl (C=O) groups is 1. The quantitative estimate of drug-likeness (QED) is 0.493. The number of nitrogens with zero attached hydrogens (tertiary/aromatic N) is 3. The number of thioether (sulfide) groups is 1. The summed E-state index contributed by atoms with van der Waals surface area (Å²) in [7, 11) is 3.94. The Bertz CT molecular complexity index is 965. The minimum Gasteiger partial charge on any atom is -0.378 e. The van der Waals surface area contributed by atoms with Crippen LogP contribution in [-0.2, 0) is 4.79 Å². The molecule has 1 N–H and O–H groups in total. The zero-order valence-corrected chi connectivity index (χ0v) is 15.9. The van der Waals surface area contributed by atoms with Crippen molar-refractivity contribution in [2.45, 2.75) is 6.92 Å². The summed E-state index contributed by atoms with van der Waals surface area (Å²) in [5.74, 6) is -0.213. The molecule has 0 bridgehead atoms. The lowest BCUT2D eigenvalue weighted by Crippen LogP contribution is -2.19. The average Bonchev–Trinajstić information content (AvgIpc) is 2.96. The van der Waals surface area contributed by atoms with Gasteiger partial charge in [0.15, 0.2) is 5.17 Å². The molecule has 0 unspecified atom stereocenters. The predicted molar refractivity (Wildman–Crippen MR) is 109 cm³/mol. The topological polar surface area (TPSA) is 87.8 Å². The fourth-order valence-electron chi connectivity index (χ4n) is 2.49. The number of benzene rings is 2. The third-order valence-corrected chi connectivity index (χ3v) is 4.88. The van der Waals surface area contributed by atoms with Crippen molar-refractivity contribution in [3.8, 4) is 0 Å². The van der Waals surface area contributed by atoms with Gasteiger partial charge in [-0.15, -0.1) is 0 Å². The van der Waals surface area contributed by atoms with Gasteiger partial charge in [-0.05, 0) is 54.1 Å². The van der Waals surface area contributed by atoms with Crippen LogP contribution >= 0.6 is 11.8 Å². The van der Waals surface area contributed by atoms with Crippen molar-refractivity contribution in [1.82, 2.24) is 5.32 Å². The van der Waals surface area contributed by atoms with Crippen molar-refractivity contribution in [1.29, 1.82) is 0 Å². The number of amides is 1. The summed E-state index contributed by atoms with van der Waals surface area (Å²) >= 11 is 1.24. The molecule has 8 heteroatoms. The molecule has 27 heavy (non-hydrogen) atoms. The smallest absolute Gasteiger partial charge is 0.269 e. The highest BCUT2D eigenvalue weighted by atomic mass is 32.2. The molecule has 1 aliphatic heterocycles. The Balaban J connectivity index is 1.80. The lowest BCUT2D eigenvalue weighted by Gasteiger charge is -2.11. The number of nitro benzene ring substituents is 1. The molecule has 0 saturated carbocycles. The lowest BCUT2D eigenvalue weighted by atomic mass is 10.2. The van der Waals surface area contributed by atoms with Crippen LogP contribution in [0.4, 0.5) is 17.1 Å². The SMILES string of the molecule is Cc1cc([N+](=O)[O-])ccc1N=C1NC(=O)/C(=C\c2ccc(N(C)C)cc2)S1. The fraction of sp³-hybridized carbons (Fsp3) is 0.158. The Labute approximate surface area is 160 Å². The first-order valence-electron chi connectivity index (χ1n) is 8.15. The molecule has 1 saturated heterocycles. The second-order valence-electron chi connectivity index (χ2n) is 6.20. The number of carbonyl (C=O) groups excluding carboxylic acids is 1. The molecule has 1 heterocycles. The summed E-state index contributed by atoms with van der Waals surface area (Å²) in [5, 5.41) is 14.0. The van der Waals surface area contributed by atoms with Crippen molar-refractivity contribution in [2.75, 3.05) is 19.0 Å². The minimum atomic E-state index is -0.446. The average molecular weight is 382 g/mol. The lowest BCUT2D eigenvalue weighted by molar-refractivity contribution is -0.384. The minimum absolute atomic E-state index is 0.0151. The molecule has 1 amide bonds. The summed E-state index contributed by atoms with van der Waals surface area (Å²) < 4.78 is 0. The van der Waals surface area contributed by atoms with Gasteiger partial charge in [0.1, 0.15) is 0 Å². The number of aliphatic imine (C=N–C) groups is 1. The van der Waals surface area contributed by atoms with Crippen LogP contribution < -0.4 is 10.2 Å². The Morgan fingerprint density at radius 1 is 1.19 bits per heavy atom. The first kappa shape index (κ1) is 18.7. The first-order valence-corrected chi connectivity index (χ1v) is 8.97. The summed E-state index contributed by atoms with van der Waals surface area (Å²) in [6, 6.07) is 12.3. The predicted octanol–water partition coefficient (Wildman–Crippen LogP) is 3.86. The standard InChI is InChI=1S/C19H18N4O3S/c1-12-10-15(23(25)26)8-9-16(12)20-19-21-18(24)17(27-19)11-13-4-6-14(7-5-13)22(2)3/h4-11H,1-3H3,(H,20,21,24)/b17-11+. The van der Waals surface area contributed by atoms with Crippen molar-refractivity contribution in [2.24, 2.45) is 4.99 Å². The van der Waals surface area contributed by atoms with Crippen LogP contribution in [0.25, 0.3) is 6.08 Å². The van der Waals surface area contributed by atoms with E-state index in [1.54, 1.807) is 13.0 Å². The number of nitrogens with one attached hydrogen (secondary N) is 1. The Morgan fingerprint density at radius 2 is 1.89 bits per heavy atom. The van der Waals surface area contributed by atoms with Gasteiger partial charge < -0.3 is 10.2 Å². The zero-order valence-electron chi connectivity index (χ0n) is 15.1. The molecule has 1 fully saturated rings. The molecule has 0 spiro atoms. The van der Waals surface area contributed by atoms with Crippen LogP contribution in [0.3, 0.4) is 0 Å². The molecular formula is C19H18N4O3S. The maximum atomic E-state index is 12.2. The fourth-order valence-corrected chi connectivity index (χ4v) is 3.32. The first-order chi connectivity index (χ1) is 12.8. The third-order valence-electron chi connectivity index (χ3n) is 3.97. The molecule has 2 aromatic carbocycles. The zero-order chi connectivity index (χ0) is 19.6. The Hall–Kier alpha value is -3.13. The van der Waals surface area contributed by atoms with Gasteiger partial charge in [-0.2, -0.15) is 0 Å². The van der Waals surface area contributed by atoms with E-state index in [9.17, 15) is 14.9 Å². The maximum Gasteiger partial charge on any atom is 0.269 e. The molecule has 0 atom stereocenters. The van der Waals surface area contributed by atoms with Gasteiger partial charge in [-0.25, -0.2) is 4.99 Å². The van der Waals surface area contributed by atoms with Crippen LogP contribution in [0.15, 0.2) is 52.4 Å². The van der Waals surface area contributed by atoms with E-state index >= 15 is 0 Å². The van der Waals surface area contributed by atoms with Crippen molar-refractivity contribution in [3.63, 3.8) is 0 Å². The number of non-ortho nitro benzene ring substituents is 1. The molecular weight excluding hydrogens is 364 g/mol. The molecule has 7 nitrogen and oxygen atoms in total. The van der Waals surface area contributed by atoms with Crippen molar-refractivity contribution >= 4 is 46.0 Å². The highest BCUT2D eigenvalue weighted by molar-refractivity contribution is 8.18. The second kappa shape index (κ2) is 7.63. The summed E-state index contributed by atoms with van der Waals surface area (Å²) in [6.45, 7) is 1.75. The monoisotopic (exact) mass is 382 g/mol. The molecule has 3 rings (SSSR count). The second-order valence-corrected chi connectivity index (χ2v) is 7.23. The van der Waals surface area contributed by atoms with Gasteiger partial charge in [0.05, 0.1) is 15.5 Å². The van der Waals surface area contributed by atoms with Crippen LogP contribution in [0, 0.1) is 17.0 Å². The van der Waals surface area contributed by atoms with E-state index in [1.807, 2.05) is 49.3 Å². The number of nitro groups is 1. The number of anilines is 1. The van der Waals surface area contributed by atoms with Crippen LogP contribution in [0.1, 0.15) is 11.1 Å². The highest BCUT2D eigenvalue weighted by Crippen LogP contribution is 2.30. The van der Waals surface area contributed by atoms with E-state index < -0.39 is 4.92 Å². The normalized spacial score (nSPS) is 16.6. The molecule has 0 radical (unpaired) electrons. The van der Waals surface area contributed by atoms with E-state index in [0.29, 0.717) is 21.3 Å². The molecule has 1 aliphatic rings. The Morgan fingerprint density at radius 3 is 2.48 bits per heavy atom. The number of hydrogen-bond acceptors (Lipinski definition) is 6. The summed E-state index contributed by atoms with van der Waals surface area (Å²) in [5.41, 5.74) is 3.27. The van der Waals surface area contributed by atoms with Crippen LogP contribution in [0.5, 0.6) is 0 Å². The summed E-state index contributed by atoms with van der Waals surface area (Å²) in [4.78, 5) is 29.6. The number of aryl methyl sites for hydroxylation is 1. The van der Waals surface area contributed by atoms with Crippen molar-refractivity contribution < 1.29 is 9.72 Å². The van der Waals surface area contributed by atoms with E-state index in [2.05, 4.69) is 10.3 Å². The van der Waals surface area contributed by atoms with Gasteiger partial charge in [0.25, 0.3) is 11.6 Å². The van der Waals surface area contributed by atoms with Crippen LogP contribution in [-0.4, -0.2) is 30.1 Å². The van der Waals surface area contributed by atoms with Crippen LogP contribution in [0.2, 0.25) is 0 Å². The molecule has 0 aliphatic carbocycles. The van der Waals surface area contributed by atoms with Gasteiger partial charge in [0, 0.05) is 31.9 Å². The van der Waals surface area contributed by atoms with Gasteiger partial charge in [-0.1, -0.05) is 12.1 Å². The third kappa shape index (κ3) is 4.35. The maximum absolute atomic E-state index is 12.2. The van der Waals surface area contributed by atoms with E-state index in [1.165, 1.54) is 23.9 Å². The summed E-state index contributed by atoms with van der Waals surface area (Å²) in [6.07, 6.45) is 1.81. The number of amidine groups is 1. The van der Waals surface area contributed by atoms with Crippen molar-refractivity contribution in [3.05, 3.63) is 68.6 Å². The molecule has 138 valence electrons. The van der Waals surface area contributed by atoms with E-state index in [0.717, 1.165) is 11.3 Å². The Kier molecular flexibility index (Phi) is 5.27. The van der Waals surface area contributed by atoms with E-state index in [-0.39, 0.29) is 11.6 Å². The van der Waals surface area contributed by atoms with Gasteiger partial charge in [-0.3, -0.25) is 14.9 Å².